The normalized spacial score (nSPS) is 23.2. The Labute approximate surface area is 114 Å². The Morgan fingerprint density at radius 2 is 2.47 bits per heavy atom. The van der Waals surface area contributed by atoms with Crippen LogP contribution in [0.3, 0.4) is 0 Å². The predicted molar refractivity (Wildman–Crippen MR) is 72.5 cm³/mol. The van der Waals surface area contributed by atoms with Crippen molar-refractivity contribution in [1.29, 1.82) is 0 Å². The molecule has 1 saturated heterocycles. The molecule has 1 aliphatic heterocycles. The summed E-state index contributed by atoms with van der Waals surface area (Å²) < 4.78 is 1.75. The second kappa shape index (κ2) is 7.23. The molecule has 6 heteroatoms. The molecule has 0 aliphatic carbocycles. The van der Waals surface area contributed by atoms with Gasteiger partial charge in [-0.05, 0) is 31.7 Å². The van der Waals surface area contributed by atoms with E-state index in [0.29, 0.717) is 18.4 Å². The molecule has 2 N–H and O–H groups in total. The smallest absolute Gasteiger partial charge is 0.220 e. The lowest BCUT2D eigenvalue weighted by atomic mass is 9.93. The summed E-state index contributed by atoms with van der Waals surface area (Å²) in [5.74, 6) is 0.767. The van der Waals surface area contributed by atoms with Crippen LogP contribution in [0.2, 0.25) is 0 Å². The molecule has 0 radical (unpaired) electrons. The number of carbonyl (C=O) groups excluding carboxylic acids is 1. The van der Waals surface area contributed by atoms with E-state index in [1.54, 1.807) is 11.0 Å². The number of aryl methyl sites for hydroxylation is 1. The minimum absolute atomic E-state index is 0.125. The molecule has 1 aromatic heterocycles. The first-order valence-corrected chi connectivity index (χ1v) is 7.08. The van der Waals surface area contributed by atoms with Gasteiger partial charge in [-0.1, -0.05) is 6.92 Å². The summed E-state index contributed by atoms with van der Waals surface area (Å²) in [5.41, 5.74) is 0. The van der Waals surface area contributed by atoms with Gasteiger partial charge in [0.05, 0.1) is 0 Å². The van der Waals surface area contributed by atoms with Crippen LogP contribution < -0.4 is 10.6 Å². The fraction of sp³-hybridized carbons (Fsp3) is 0.769. The van der Waals surface area contributed by atoms with Crippen LogP contribution >= 0.6 is 0 Å². The highest BCUT2D eigenvalue weighted by Gasteiger charge is 2.20. The molecule has 1 aromatic rings. The monoisotopic (exact) mass is 265 g/mol. The molecule has 2 heterocycles. The summed E-state index contributed by atoms with van der Waals surface area (Å²) in [5, 5.41) is 10.5. The van der Waals surface area contributed by atoms with Gasteiger partial charge in [0.1, 0.15) is 12.7 Å². The van der Waals surface area contributed by atoms with Crippen molar-refractivity contribution in [2.75, 3.05) is 13.1 Å². The number of piperidine rings is 1. The first kappa shape index (κ1) is 14.0. The van der Waals surface area contributed by atoms with E-state index in [9.17, 15) is 4.79 Å². The molecule has 0 saturated carbocycles. The van der Waals surface area contributed by atoms with Crippen molar-refractivity contribution in [2.45, 2.75) is 45.2 Å². The first-order valence-electron chi connectivity index (χ1n) is 7.08. The number of aromatic nitrogens is 3. The summed E-state index contributed by atoms with van der Waals surface area (Å²) in [4.78, 5) is 15.6. The Bertz CT molecular complexity index is 378. The topological polar surface area (TPSA) is 71.8 Å². The largest absolute Gasteiger partial charge is 0.355 e. The summed E-state index contributed by atoms with van der Waals surface area (Å²) in [6.07, 6.45) is 7.01. The summed E-state index contributed by atoms with van der Waals surface area (Å²) in [6, 6.07) is 0.424. The third-order valence-corrected chi connectivity index (χ3v) is 3.71. The molecule has 1 fully saturated rings. The minimum atomic E-state index is 0.125. The lowest BCUT2D eigenvalue weighted by molar-refractivity contribution is -0.121. The van der Waals surface area contributed by atoms with Gasteiger partial charge in [0, 0.05) is 25.6 Å². The van der Waals surface area contributed by atoms with Gasteiger partial charge in [-0.15, -0.1) is 0 Å². The van der Waals surface area contributed by atoms with Gasteiger partial charge >= 0.3 is 0 Å². The van der Waals surface area contributed by atoms with Gasteiger partial charge in [0.15, 0.2) is 0 Å². The van der Waals surface area contributed by atoms with Crippen molar-refractivity contribution in [3.05, 3.63) is 12.7 Å². The first-order chi connectivity index (χ1) is 9.25. The standard InChI is InChI=1S/C13H23N5O/c1-11-4-2-6-15-12(11)8-16-13(19)5-3-7-18-10-14-9-17-18/h9-12,15H,2-8H2,1H3,(H,16,19)/t11-,12-/m0/s1. The van der Waals surface area contributed by atoms with Crippen LogP contribution in [0.25, 0.3) is 0 Å². The maximum atomic E-state index is 11.7. The average molecular weight is 265 g/mol. The summed E-state index contributed by atoms with van der Waals surface area (Å²) in [6.45, 7) is 4.79. The van der Waals surface area contributed by atoms with E-state index in [1.807, 2.05) is 0 Å². The molecule has 1 aliphatic rings. The maximum Gasteiger partial charge on any atom is 0.220 e. The van der Waals surface area contributed by atoms with E-state index in [4.69, 9.17) is 0 Å². The van der Waals surface area contributed by atoms with Gasteiger partial charge in [0.2, 0.25) is 5.91 Å². The van der Waals surface area contributed by atoms with Crippen molar-refractivity contribution in [1.82, 2.24) is 25.4 Å². The van der Waals surface area contributed by atoms with E-state index in [2.05, 4.69) is 27.6 Å². The lowest BCUT2D eigenvalue weighted by Gasteiger charge is -2.30. The minimum Gasteiger partial charge on any atom is -0.355 e. The molecule has 2 rings (SSSR count). The molecule has 0 aromatic carbocycles. The second-order valence-electron chi connectivity index (χ2n) is 5.25. The van der Waals surface area contributed by atoms with Crippen LogP contribution in [-0.4, -0.2) is 39.8 Å². The van der Waals surface area contributed by atoms with Crippen LogP contribution in [0.5, 0.6) is 0 Å². The van der Waals surface area contributed by atoms with Crippen LogP contribution in [0, 0.1) is 5.92 Å². The fourth-order valence-corrected chi connectivity index (χ4v) is 2.45. The number of hydrogen-bond acceptors (Lipinski definition) is 4. The molecular formula is C13H23N5O. The third-order valence-electron chi connectivity index (χ3n) is 3.71. The Hall–Kier alpha value is -1.43. The molecule has 0 spiro atoms. The second-order valence-corrected chi connectivity index (χ2v) is 5.25. The highest BCUT2D eigenvalue weighted by Crippen LogP contribution is 2.14. The number of carbonyl (C=O) groups is 1. The van der Waals surface area contributed by atoms with E-state index < -0.39 is 0 Å². The zero-order chi connectivity index (χ0) is 13.5. The van der Waals surface area contributed by atoms with Gasteiger partial charge in [-0.3, -0.25) is 9.48 Å². The Balaban J connectivity index is 1.59. The Morgan fingerprint density at radius 1 is 1.58 bits per heavy atom. The average Bonchev–Trinajstić information content (AvgIpc) is 2.91. The van der Waals surface area contributed by atoms with Gasteiger partial charge in [0.25, 0.3) is 0 Å². The maximum absolute atomic E-state index is 11.7. The van der Waals surface area contributed by atoms with Crippen LogP contribution in [0.4, 0.5) is 0 Å². The molecule has 2 atom stereocenters. The number of rotatable bonds is 6. The zero-order valence-electron chi connectivity index (χ0n) is 11.5. The number of nitrogens with one attached hydrogen (secondary N) is 2. The van der Waals surface area contributed by atoms with E-state index in [-0.39, 0.29) is 5.91 Å². The lowest BCUT2D eigenvalue weighted by Crippen LogP contribution is -2.47. The number of amides is 1. The molecule has 0 unspecified atom stereocenters. The highest BCUT2D eigenvalue weighted by atomic mass is 16.1. The van der Waals surface area contributed by atoms with Crippen molar-refractivity contribution >= 4 is 5.91 Å². The Kier molecular flexibility index (Phi) is 5.32. The van der Waals surface area contributed by atoms with Crippen molar-refractivity contribution in [2.24, 2.45) is 5.92 Å². The zero-order valence-corrected chi connectivity index (χ0v) is 11.5. The molecule has 106 valence electrons. The van der Waals surface area contributed by atoms with Crippen LogP contribution in [0.15, 0.2) is 12.7 Å². The van der Waals surface area contributed by atoms with Gasteiger partial charge in [-0.2, -0.15) is 5.10 Å². The van der Waals surface area contributed by atoms with Crippen molar-refractivity contribution < 1.29 is 4.79 Å². The van der Waals surface area contributed by atoms with Crippen molar-refractivity contribution in [3.8, 4) is 0 Å². The number of nitrogens with zero attached hydrogens (tertiary/aromatic N) is 3. The quantitative estimate of drug-likeness (QED) is 0.788. The predicted octanol–water partition coefficient (Wildman–Crippen LogP) is 0.563. The molecular weight excluding hydrogens is 242 g/mol. The van der Waals surface area contributed by atoms with Gasteiger partial charge in [-0.25, -0.2) is 4.98 Å². The molecule has 1 amide bonds. The third kappa shape index (κ3) is 4.63. The Morgan fingerprint density at radius 3 is 3.21 bits per heavy atom. The molecule has 6 nitrogen and oxygen atoms in total. The highest BCUT2D eigenvalue weighted by molar-refractivity contribution is 5.75. The van der Waals surface area contributed by atoms with E-state index in [0.717, 1.165) is 26.1 Å². The van der Waals surface area contributed by atoms with Crippen LogP contribution in [0.1, 0.15) is 32.6 Å². The fourth-order valence-electron chi connectivity index (χ4n) is 2.45. The molecule has 19 heavy (non-hydrogen) atoms. The number of hydrogen-bond donors (Lipinski definition) is 2. The summed E-state index contributed by atoms with van der Waals surface area (Å²) >= 11 is 0. The molecule has 0 bridgehead atoms. The van der Waals surface area contributed by atoms with Crippen molar-refractivity contribution in [3.63, 3.8) is 0 Å². The van der Waals surface area contributed by atoms with Crippen LogP contribution in [-0.2, 0) is 11.3 Å². The van der Waals surface area contributed by atoms with Gasteiger partial charge < -0.3 is 10.6 Å². The van der Waals surface area contributed by atoms with E-state index >= 15 is 0 Å². The SMILES string of the molecule is C[C@H]1CCCN[C@H]1CNC(=O)CCCn1cncn1. The summed E-state index contributed by atoms with van der Waals surface area (Å²) in [7, 11) is 0. The van der Waals surface area contributed by atoms with E-state index in [1.165, 1.54) is 19.2 Å².